The van der Waals surface area contributed by atoms with Crippen molar-refractivity contribution in [1.29, 1.82) is 0 Å². The number of para-hydroxylation sites is 2. The van der Waals surface area contributed by atoms with Gasteiger partial charge in [-0.25, -0.2) is 4.98 Å². The van der Waals surface area contributed by atoms with Crippen LogP contribution in [-0.4, -0.2) is 27.7 Å². The van der Waals surface area contributed by atoms with E-state index in [0.29, 0.717) is 29.0 Å². The highest BCUT2D eigenvalue weighted by atomic mass is 32.2. The largest absolute Gasteiger partial charge is 0.492 e. The summed E-state index contributed by atoms with van der Waals surface area (Å²) in [5.74, 6) is 1.17. The highest BCUT2D eigenvalue weighted by Crippen LogP contribution is 2.36. The lowest BCUT2D eigenvalue weighted by Crippen LogP contribution is -2.19. The number of thioether (sulfide) groups is 1. The van der Waals surface area contributed by atoms with Crippen molar-refractivity contribution in [3.05, 3.63) is 77.7 Å². The van der Waals surface area contributed by atoms with Gasteiger partial charge >= 0.3 is 0 Å². The molecule has 0 aliphatic rings. The lowest BCUT2D eigenvalue weighted by atomic mass is 10.1. The molecule has 0 saturated carbocycles. The SMILES string of the molecule is CCOc1ccccc1NC(=O)[C@@H](Sc1n[nH]c(-c2cccs2)n1)c1ccccc1. The number of benzene rings is 2. The fraction of sp³-hybridized carbons (Fsp3) is 0.136. The summed E-state index contributed by atoms with van der Waals surface area (Å²) in [5.41, 5.74) is 1.51. The number of thiophene rings is 1. The predicted octanol–water partition coefficient (Wildman–Crippen LogP) is 5.40. The van der Waals surface area contributed by atoms with E-state index in [4.69, 9.17) is 4.74 Å². The molecule has 1 atom stereocenters. The number of H-pyrrole nitrogens is 1. The number of rotatable bonds is 8. The van der Waals surface area contributed by atoms with E-state index in [-0.39, 0.29) is 5.91 Å². The normalized spacial score (nSPS) is 11.8. The topological polar surface area (TPSA) is 79.9 Å². The highest BCUT2D eigenvalue weighted by molar-refractivity contribution is 8.00. The second kappa shape index (κ2) is 9.60. The molecule has 0 unspecified atom stereocenters. The van der Waals surface area contributed by atoms with Crippen LogP contribution in [0.25, 0.3) is 10.7 Å². The Hall–Kier alpha value is -3.10. The Balaban J connectivity index is 1.58. The number of anilines is 1. The summed E-state index contributed by atoms with van der Waals surface area (Å²) in [7, 11) is 0. The molecule has 0 bridgehead atoms. The summed E-state index contributed by atoms with van der Waals surface area (Å²) in [5, 5.41) is 12.2. The van der Waals surface area contributed by atoms with Crippen LogP contribution in [0.1, 0.15) is 17.7 Å². The van der Waals surface area contributed by atoms with Crippen LogP contribution in [0, 0.1) is 0 Å². The van der Waals surface area contributed by atoms with Crippen molar-refractivity contribution in [2.45, 2.75) is 17.3 Å². The van der Waals surface area contributed by atoms with Crippen LogP contribution in [-0.2, 0) is 4.79 Å². The number of nitrogens with zero attached hydrogens (tertiary/aromatic N) is 2. The summed E-state index contributed by atoms with van der Waals surface area (Å²) >= 11 is 2.89. The Morgan fingerprint density at radius 1 is 1.13 bits per heavy atom. The number of carbonyl (C=O) groups is 1. The molecular formula is C22H20N4O2S2. The smallest absolute Gasteiger partial charge is 0.242 e. The number of hydrogen-bond acceptors (Lipinski definition) is 6. The van der Waals surface area contributed by atoms with E-state index in [0.717, 1.165) is 10.4 Å². The number of carbonyl (C=O) groups excluding carboxylic acids is 1. The van der Waals surface area contributed by atoms with Crippen LogP contribution in [0.2, 0.25) is 0 Å². The first kappa shape index (κ1) is 20.2. The van der Waals surface area contributed by atoms with Crippen molar-refractivity contribution in [2.24, 2.45) is 0 Å². The number of hydrogen-bond donors (Lipinski definition) is 2. The van der Waals surface area contributed by atoms with Crippen molar-refractivity contribution in [2.75, 3.05) is 11.9 Å². The number of aromatic nitrogens is 3. The molecule has 4 rings (SSSR count). The van der Waals surface area contributed by atoms with E-state index < -0.39 is 5.25 Å². The zero-order valence-corrected chi connectivity index (χ0v) is 17.9. The van der Waals surface area contributed by atoms with Crippen LogP contribution in [0.15, 0.2) is 77.3 Å². The molecule has 8 heteroatoms. The molecule has 152 valence electrons. The van der Waals surface area contributed by atoms with Gasteiger partial charge in [-0.05, 0) is 36.1 Å². The first-order chi connectivity index (χ1) is 14.7. The van der Waals surface area contributed by atoms with E-state index in [2.05, 4.69) is 20.5 Å². The molecule has 0 fully saturated rings. The molecule has 0 spiro atoms. The van der Waals surface area contributed by atoms with Gasteiger partial charge in [-0.15, -0.1) is 16.4 Å². The number of aromatic amines is 1. The highest BCUT2D eigenvalue weighted by Gasteiger charge is 2.25. The van der Waals surface area contributed by atoms with Crippen LogP contribution < -0.4 is 10.1 Å². The first-order valence-corrected chi connectivity index (χ1v) is 11.2. The maximum Gasteiger partial charge on any atom is 0.242 e. The maximum absolute atomic E-state index is 13.3. The third-order valence-corrected chi connectivity index (χ3v) is 6.22. The fourth-order valence-corrected chi connectivity index (χ4v) is 4.45. The molecule has 30 heavy (non-hydrogen) atoms. The van der Waals surface area contributed by atoms with Crippen molar-refractivity contribution >= 4 is 34.7 Å². The third-order valence-electron chi connectivity index (χ3n) is 4.23. The molecule has 6 nitrogen and oxygen atoms in total. The molecule has 0 radical (unpaired) electrons. The van der Waals surface area contributed by atoms with Crippen molar-refractivity contribution in [3.8, 4) is 16.5 Å². The fourth-order valence-electron chi connectivity index (χ4n) is 2.88. The van der Waals surface area contributed by atoms with Gasteiger partial charge in [-0.2, -0.15) is 0 Å². The van der Waals surface area contributed by atoms with E-state index in [1.165, 1.54) is 11.8 Å². The van der Waals surface area contributed by atoms with Gasteiger partial charge in [0, 0.05) is 0 Å². The summed E-state index contributed by atoms with van der Waals surface area (Å²) in [6, 6.07) is 21.0. The summed E-state index contributed by atoms with van der Waals surface area (Å²) in [6.45, 7) is 2.43. The van der Waals surface area contributed by atoms with Crippen molar-refractivity contribution < 1.29 is 9.53 Å². The number of amides is 1. The minimum Gasteiger partial charge on any atom is -0.492 e. The third kappa shape index (κ3) is 4.72. The Morgan fingerprint density at radius 2 is 1.93 bits per heavy atom. The molecule has 0 aliphatic carbocycles. The zero-order chi connectivity index (χ0) is 20.8. The monoisotopic (exact) mass is 436 g/mol. The Labute approximate surface area is 182 Å². The van der Waals surface area contributed by atoms with Crippen molar-refractivity contribution in [3.63, 3.8) is 0 Å². The Morgan fingerprint density at radius 3 is 2.70 bits per heavy atom. The zero-order valence-electron chi connectivity index (χ0n) is 16.2. The van der Waals surface area contributed by atoms with Crippen LogP contribution >= 0.6 is 23.1 Å². The van der Waals surface area contributed by atoms with Gasteiger partial charge < -0.3 is 10.1 Å². The molecule has 4 aromatic rings. The molecule has 2 N–H and O–H groups in total. The molecule has 2 heterocycles. The van der Waals surface area contributed by atoms with E-state index in [1.54, 1.807) is 11.3 Å². The lowest BCUT2D eigenvalue weighted by Gasteiger charge is -2.17. The molecule has 2 aromatic carbocycles. The summed E-state index contributed by atoms with van der Waals surface area (Å²) < 4.78 is 5.64. The van der Waals surface area contributed by atoms with Gasteiger partial charge in [0.1, 0.15) is 11.0 Å². The molecule has 0 aliphatic heterocycles. The predicted molar refractivity (Wildman–Crippen MR) is 121 cm³/mol. The quantitative estimate of drug-likeness (QED) is 0.361. The number of ether oxygens (including phenoxy) is 1. The Kier molecular flexibility index (Phi) is 6.46. The molecule has 2 aromatic heterocycles. The molecule has 1 amide bonds. The average Bonchev–Trinajstić information content (AvgIpc) is 3.46. The first-order valence-electron chi connectivity index (χ1n) is 9.45. The number of nitrogens with one attached hydrogen (secondary N) is 2. The second-order valence-corrected chi connectivity index (χ2v) is 8.29. The standard InChI is InChI=1S/C22H20N4O2S2/c1-2-28-17-12-7-6-11-16(17)23-21(27)19(15-9-4-3-5-10-15)30-22-24-20(25-26-22)18-13-8-14-29-18/h3-14,19H,2H2,1H3,(H,23,27)(H,24,25,26)/t19-/m0/s1. The maximum atomic E-state index is 13.3. The average molecular weight is 437 g/mol. The summed E-state index contributed by atoms with van der Waals surface area (Å²) in [6.07, 6.45) is 0. The minimum atomic E-state index is -0.520. The van der Waals surface area contributed by atoms with Crippen LogP contribution in [0.4, 0.5) is 5.69 Å². The van der Waals surface area contributed by atoms with Gasteiger partial charge in [0.25, 0.3) is 0 Å². The van der Waals surface area contributed by atoms with Gasteiger partial charge in [0.2, 0.25) is 11.1 Å². The molecular weight excluding hydrogens is 416 g/mol. The van der Waals surface area contributed by atoms with E-state index in [9.17, 15) is 4.79 Å². The minimum absolute atomic E-state index is 0.166. The van der Waals surface area contributed by atoms with Crippen LogP contribution in [0.5, 0.6) is 5.75 Å². The second-order valence-electron chi connectivity index (χ2n) is 6.27. The lowest BCUT2D eigenvalue weighted by molar-refractivity contribution is -0.115. The van der Waals surface area contributed by atoms with Gasteiger partial charge in [-0.1, -0.05) is 60.3 Å². The van der Waals surface area contributed by atoms with Gasteiger partial charge in [0.05, 0.1) is 17.2 Å². The van der Waals surface area contributed by atoms with Gasteiger partial charge in [0.15, 0.2) is 5.82 Å². The van der Waals surface area contributed by atoms with Crippen molar-refractivity contribution in [1.82, 2.24) is 15.2 Å². The van der Waals surface area contributed by atoms with E-state index in [1.807, 2.05) is 79.0 Å². The van der Waals surface area contributed by atoms with E-state index >= 15 is 0 Å². The Bertz CT molecular complexity index is 1100. The summed E-state index contributed by atoms with van der Waals surface area (Å²) in [4.78, 5) is 18.8. The molecule has 0 saturated heterocycles. The van der Waals surface area contributed by atoms with Crippen LogP contribution in [0.3, 0.4) is 0 Å². The van der Waals surface area contributed by atoms with Gasteiger partial charge in [-0.3, -0.25) is 9.89 Å².